The average Bonchev–Trinajstić information content (AvgIpc) is 3.13. The van der Waals surface area contributed by atoms with Crippen LogP contribution >= 0.6 is 0 Å². The number of amides is 1. The van der Waals surface area contributed by atoms with E-state index in [1.165, 1.54) is 23.1 Å². The molecule has 0 radical (unpaired) electrons. The number of anilines is 1. The predicted octanol–water partition coefficient (Wildman–Crippen LogP) is 2.99. The van der Waals surface area contributed by atoms with Crippen molar-refractivity contribution in [2.24, 2.45) is 0 Å². The van der Waals surface area contributed by atoms with Crippen LogP contribution in [0.5, 0.6) is 5.75 Å². The summed E-state index contributed by atoms with van der Waals surface area (Å²) in [5, 5.41) is 13.4. The minimum Gasteiger partial charge on any atom is -0.406 e. The summed E-state index contributed by atoms with van der Waals surface area (Å²) in [4.78, 5) is 12.7. The Morgan fingerprint density at radius 2 is 1.93 bits per heavy atom. The molecule has 7 nitrogen and oxygen atoms in total. The quantitative estimate of drug-likeness (QED) is 0.714. The normalized spacial score (nSPS) is 12.4. The molecular formula is C17H14F3N5O2. The van der Waals surface area contributed by atoms with Crippen molar-refractivity contribution >= 4 is 11.6 Å². The molecule has 1 N–H and O–H groups in total. The first-order chi connectivity index (χ1) is 12.9. The number of carbonyl (C=O) groups excluding carboxylic acids is 1. The molecule has 1 aromatic heterocycles. The van der Waals surface area contributed by atoms with Crippen molar-refractivity contribution in [2.45, 2.75) is 18.8 Å². The molecule has 10 heteroatoms. The van der Waals surface area contributed by atoms with Crippen LogP contribution < -0.4 is 10.1 Å². The zero-order valence-corrected chi connectivity index (χ0v) is 13.8. The van der Waals surface area contributed by atoms with E-state index in [2.05, 4.69) is 25.6 Å². The van der Waals surface area contributed by atoms with E-state index in [9.17, 15) is 18.0 Å². The summed E-state index contributed by atoms with van der Waals surface area (Å²) in [6, 6.07) is 13.5. The van der Waals surface area contributed by atoms with E-state index < -0.39 is 24.1 Å². The Morgan fingerprint density at radius 3 is 2.59 bits per heavy atom. The molecule has 27 heavy (non-hydrogen) atoms. The van der Waals surface area contributed by atoms with Crippen LogP contribution in [0.25, 0.3) is 0 Å². The van der Waals surface area contributed by atoms with Gasteiger partial charge in [-0.3, -0.25) is 4.79 Å². The van der Waals surface area contributed by atoms with Gasteiger partial charge in [-0.05, 0) is 28.1 Å². The average molecular weight is 377 g/mol. The summed E-state index contributed by atoms with van der Waals surface area (Å²) in [7, 11) is 0. The van der Waals surface area contributed by atoms with E-state index in [0.717, 1.165) is 17.7 Å². The Hall–Kier alpha value is -3.43. The number of benzene rings is 2. The summed E-state index contributed by atoms with van der Waals surface area (Å²) in [5.74, 6) is -0.905. The van der Waals surface area contributed by atoms with Crippen molar-refractivity contribution in [1.82, 2.24) is 20.2 Å². The topological polar surface area (TPSA) is 81.9 Å². The number of tetrazole rings is 1. The molecular weight excluding hydrogens is 363 g/mol. The lowest BCUT2D eigenvalue weighted by molar-refractivity contribution is -0.274. The zero-order valence-electron chi connectivity index (χ0n) is 13.8. The number of hydrogen-bond acceptors (Lipinski definition) is 5. The number of aromatic nitrogens is 4. The van der Waals surface area contributed by atoms with E-state index in [4.69, 9.17) is 0 Å². The minimum atomic E-state index is -4.81. The van der Waals surface area contributed by atoms with Gasteiger partial charge >= 0.3 is 6.36 Å². The van der Waals surface area contributed by atoms with E-state index in [0.29, 0.717) is 6.42 Å². The monoisotopic (exact) mass is 377 g/mol. The number of halogens is 3. The van der Waals surface area contributed by atoms with Gasteiger partial charge in [-0.15, -0.1) is 18.3 Å². The number of alkyl halides is 3. The van der Waals surface area contributed by atoms with Crippen LogP contribution in [0, 0.1) is 0 Å². The Bertz CT molecular complexity index is 885. The first-order valence-corrected chi connectivity index (χ1v) is 7.84. The van der Waals surface area contributed by atoms with Gasteiger partial charge in [0.25, 0.3) is 0 Å². The molecule has 0 bridgehead atoms. The predicted molar refractivity (Wildman–Crippen MR) is 88.8 cm³/mol. The molecule has 0 spiro atoms. The third kappa shape index (κ3) is 5.27. The molecule has 0 aliphatic rings. The second-order valence-electron chi connectivity index (χ2n) is 5.56. The van der Waals surface area contributed by atoms with E-state index in [-0.39, 0.29) is 5.69 Å². The van der Waals surface area contributed by atoms with Crippen molar-refractivity contribution in [2.75, 3.05) is 5.32 Å². The summed E-state index contributed by atoms with van der Waals surface area (Å²) in [5.41, 5.74) is 1.04. The van der Waals surface area contributed by atoms with E-state index in [1.54, 1.807) is 0 Å². The highest BCUT2D eigenvalue weighted by molar-refractivity contribution is 5.94. The molecule has 1 heterocycles. The largest absolute Gasteiger partial charge is 0.573 e. The third-order valence-corrected chi connectivity index (χ3v) is 3.59. The maximum atomic E-state index is 12.7. The van der Waals surface area contributed by atoms with Gasteiger partial charge in [0.15, 0.2) is 0 Å². The SMILES string of the molecule is O=C(Nc1cccc(OC(F)(F)F)c1)[C@@H](Cc1ccccc1)n1cnnn1. The number of hydrogen-bond donors (Lipinski definition) is 1. The lowest BCUT2D eigenvalue weighted by Gasteiger charge is -2.17. The van der Waals surface area contributed by atoms with Crippen LogP contribution in [0.2, 0.25) is 0 Å². The molecule has 0 aliphatic carbocycles. The van der Waals surface area contributed by atoms with Gasteiger partial charge in [0.2, 0.25) is 5.91 Å². The van der Waals surface area contributed by atoms with Crippen LogP contribution in [0.3, 0.4) is 0 Å². The summed E-state index contributed by atoms with van der Waals surface area (Å²) >= 11 is 0. The Kier molecular flexibility index (Phi) is 5.34. The van der Waals surface area contributed by atoms with Gasteiger partial charge in [0.05, 0.1) is 0 Å². The van der Waals surface area contributed by atoms with Crippen LogP contribution in [-0.4, -0.2) is 32.5 Å². The van der Waals surface area contributed by atoms with Crippen molar-refractivity contribution in [3.8, 4) is 5.75 Å². The third-order valence-electron chi connectivity index (χ3n) is 3.59. The summed E-state index contributed by atoms with van der Waals surface area (Å²) in [6.07, 6.45) is -3.21. The molecule has 3 aromatic rings. The molecule has 140 valence electrons. The lowest BCUT2D eigenvalue weighted by atomic mass is 10.1. The van der Waals surface area contributed by atoms with Gasteiger partial charge < -0.3 is 10.1 Å². The first kappa shape index (κ1) is 18.4. The smallest absolute Gasteiger partial charge is 0.406 e. The Morgan fingerprint density at radius 1 is 1.15 bits per heavy atom. The summed E-state index contributed by atoms with van der Waals surface area (Å²) < 4.78 is 42.2. The van der Waals surface area contributed by atoms with Gasteiger partial charge in [-0.25, -0.2) is 4.68 Å². The summed E-state index contributed by atoms with van der Waals surface area (Å²) in [6.45, 7) is 0. The molecule has 2 aromatic carbocycles. The fourth-order valence-corrected chi connectivity index (χ4v) is 2.45. The van der Waals surface area contributed by atoms with Gasteiger partial charge in [0.1, 0.15) is 18.1 Å². The molecule has 0 saturated heterocycles. The highest BCUT2D eigenvalue weighted by Gasteiger charge is 2.31. The molecule has 0 fully saturated rings. The number of rotatable bonds is 6. The van der Waals surface area contributed by atoms with Crippen LogP contribution in [0.1, 0.15) is 11.6 Å². The van der Waals surface area contributed by atoms with Crippen LogP contribution in [0.4, 0.5) is 18.9 Å². The molecule has 0 unspecified atom stereocenters. The zero-order chi connectivity index (χ0) is 19.3. The number of carbonyl (C=O) groups is 1. The molecule has 0 saturated carbocycles. The second-order valence-corrected chi connectivity index (χ2v) is 5.56. The maximum Gasteiger partial charge on any atom is 0.573 e. The van der Waals surface area contributed by atoms with Gasteiger partial charge in [-0.2, -0.15) is 0 Å². The van der Waals surface area contributed by atoms with Crippen molar-refractivity contribution in [3.05, 3.63) is 66.5 Å². The fourth-order valence-electron chi connectivity index (χ4n) is 2.45. The molecule has 3 rings (SSSR count). The van der Waals surface area contributed by atoms with Crippen LogP contribution in [0.15, 0.2) is 60.9 Å². The van der Waals surface area contributed by atoms with Gasteiger partial charge in [0, 0.05) is 18.2 Å². The first-order valence-electron chi connectivity index (χ1n) is 7.84. The molecule has 0 aliphatic heterocycles. The Balaban J connectivity index is 1.78. The van der Waals surface area contributed by atoms with Gasteiger partial charge in [-0.1, -0.05) is 36.4 Å². The van der Waals surface area contributed by atoms with Crippen LogP contribution in [-0.2, 0) is 11.2 Å². The minimum absolute atomic E-state index is 0.160. The number of nitrogens with zero attached hydrogens (tertiary/aromatic N) is 4. The second kappa shape index (κ2) is 7.85. The van der Waals surface area contributed by atoms with Crippen molar-refractivity contribution in [3.63, 3.8) is 0 Å². The van der Waals surface area contributed by atoms with Crippen molar-refractivity contribution in [1.29, 1.82) is 0 Å². The molecule has 1 amide bonds. The van der Waals surface area contributed by atoms with Crippen molar-refractivity contribution < 1.29 is 22.7 Å². The highest BCUT2D eigenvalue weighted by Crippen LogP contribution is 2.25. The lowest BCUT2D eigenvalue weighted by Crippen LogP contribution is -2.28. The van der Waals surface area contributed by atoms with E-state index in [1.807, 2.05) is 30.3 Å². The molecule has 1 atom stereocenters. The standard InChI is InChI=1S/C17H14F3N5O2/c18-17(19,20)27-14-8-4-7-13(10-14)22-16(26)15(25-11-21-23-24-25)9-12-5-2-1-3-6-12/h1-8,10-11,15H,9H2,(H,22,26)/t15-/m1/s1. The number of ether oxygens (including phenoxy) is 1. The number of nitrogens with one attached hydrogen (secondary N) is 1. The highest BCUT2D eigenvalue weighted by atomic mass is 19.4. The Labute approximate surface area is 151 Å². The van der Waals surface area contributed by atoms with E-state index >= 15 is 0 Å². The fraction of sp³-hybridized carbons (Fsp3) is 0.176. The maximum absolute atomic E-state index is 12.7.